The molecule has 132 valence electrons. The molecule has 0 aromatic heterocycles. The second-order valence-corrected chi connectivity index (χ2v) is 6.04. The molecule has 1 N–H and O–H groups in total. The largest absolute Gasteiger partial charge is 0.345 e. The lowest BCUT2D eigenvalue weighted by Gasteiger charge is -2.16. The van der Waals surface area contributed by atoms with Crippen LogP contribution in [-0.2, 0) is 4.79 Å². The summed E-state index contributed by atoms with van der Waals surface area (Å²) in [6.45, 7) is -0.420. The summed E-state index contributed by atoms with van der Waals surface area (Å²) in [6.07, 6.45) is 0. The average molecular weight is 351 g/mol. The van der Waals surface area contributed by atoms with Crippen LogP contribution >= 0.6 is 0 Å². The molecule has 1 heterocycles. The molecule has 0 unspecified atom stereocenters. The molecule has 4 amide bonds. The van der Waals surface area contributed by atoms with E-state index >= 15 is 0 Å². The monoisotopic (exact) mass is 351 g/mol. The zero-order valence-electron chi connectivity index (χ0n) is 14.4. The second kappa shape index (κ2) is 6.79. The van der Waals surface area contributed by atoms with Crippen molar-refractivity contribution in [3.05, 3.63) is 65.2 Å². The predicted octanol–water partition coefficient (Wildman–Crippen LogP) is 1.62. The summed E-state index contributed by atoms with van der Waals surface area (Å²) in [5.41, 5.74) is 1.22. The van der Waals surface area contributed by atoms with Gasteiger partial charge in [-0.1, -0.05) is 24.3 Å². The molecule has 0 saturated heterocycles. The minimum Gasteiger partial charge on any atom is -0.345 e. The molecule has 0 aliphatic carbocycles. The van der Waals surface area contributed by atoms with Crippen LogP contribution in [0.4, 0.5) is 5.69 Å². The van der Waals surface area contributed by atoms with Crippen molar-refractivity contribution in [2.24, 2.45) is 0 Å². The van der Waals surface area contributed by atoms with Gasteiger partial charge in [-0.15, -0.1) is 0 Å². The van der Waals surface area contributed by atoms with Crippen molar-refractivity contribution >= 4 is 29.3 Å². The van der Waals surface area contributed by atoms with Gasteiger partial charge in [0, 0.05) is 14.1 Å². The van der Waals surface area contributed by atoms with Crippen molar-refractivity contribution in [3.8, 4) is 0 Å². The zero-order chi connectivity index (χ0) is 18.8. The number of amides is 4. The molecule has 2 aromatic carbocycles. The standard InChI is InChI=1S/C19H17N3O4/c1-21(2)17(24)14-9-5-6-10-15(14)20-16(23)11-22-18(25)12-7-3-4-8-13(12)19(22)26/h3-10H,11H2,1-2H3,(H,20,23). The number of hydrogen-bond donors (Lipinski definition) is 1. The van der Waals surface area contributed by atoms with E-state index in [1.165, 1.54) is 4.90 Å². The average Bonchev–Trinajstić information content (AvgIpc) is 2.87. The molecule has 7 nitrogen and oxygen atoms in total. The normalized spacial score (nSPS) is 12.8. The molecule has 0 radical (unpaired) electrons. The number of carbonyl (C=O) groups excluding carboxylic acids is 4. The quantitative estimate of drug-likeness (QED) is 0.848. The molecule has 7 heteroatoms. The summed E-state index contributed by atoms with van der Waals surface area (Å²) in [5, 5.41) is 2.61. The number of benzene rings is 2. The maximum atomic E-state index is 12.4. The van der Waals surface area contributed by atoms with Crippen LogP contribution in [0.5, 0.6) is 0 Å². The first-order valence-electron chi connectivity index (χ1n) is 7.96. The van der Waals surface area contributed by atoms with Crippen molar-refractivity contribution in [1.82, 2.24) is 9.80 Å². The van der Waals surface area contributed by atoms with Gasteiger partial charge in [0.05, 0.1) is 22.4 Å². The fourth-order valence-electron chi connectivity index (χ4n) is 2.74. The van der Waals surface area contributed by atoms with Gasteiger partial charge >= 0.3 is 0 Å². The van der Waals surface area contributed by atoms with Crippen LogP contribution in [0.1, 0.15) is 31.1 Å². The Morgan fingerprint density at radius 3 is 2.04 bits per heavy atom. The van der Waals surface area contributed by atoms with Gasteiger partial charge in [-0.05, 0) is 24.3 Å². The second-order valence-electron chi connectivity index (χ2n) is 6.04. The Morgan fingerprint density at radius 1 is 0.923 bits per heavy atom. The molecule has 26 heavy (non-hydrogen) atoms. The molecule has 0 saturated carbocycles. The van der Waals surface area contributed by atoms with Gasteiger partial charge in [0.1, 0.15) is 6.54 Å². The Labute approximate surface area is 150 Å². The van der Waals surface area contributed by atoms with Crippen LogP contribution in [0.3, 0.4) is 0 Å². The van der Waals surface area contributed by atoms with E-state index in [1.807, 2.05) is 0 Å². The first-order chi connectivity index (χ1) is 12.4. The number of nitrogens with one attached hydrogen (secondary N) is 1. The fraction of sp³-hybridized carbons (Fsp3) is 0.158. The summed E-state index contributed by atoms with van der Waals surface area (Å²) in [4.78, 5) is 51.5. The highest BCUT2D eigenvalue weighted by atomic mass is 16.2. The molecule has 0 bridgehead atoms. The Balaban J connectivity index is 1.76. The van der Waals surface area contributed by atoms with E-state index in [0.29, 0.717) is 11.3 Å². The molecule has 1 aliphatic heterocycles. The molecular formula is C19H17N3O4. The summed E-state index contributed by atoms with van der Waals surface area (Å²) in [5.74, 6) is -1.82. The van der Waals surface area contributed by atoms with E-state index < -0.39 is 24.3 Å². The Morgan fingerprint density at radius 2 is 1.46 bits per heavy atom. The van der Waals surface area contributed by atoms with Crippen molar-refractivity contribution < 1.29 is 19.2 Å². The number of para-hydroxylation sites is 1. The minimum atomic E-state index is -0.557. The summed E-state index contributed by atoms with van der Waals surface area (Å²) in [6, 6.07) is 13.0. The SMILES string of the molecule is CN(C)C(=O)c1ccccc1NC(=O)CN1C(=O)c2ccccc2C1=O. The summed E-state index contributed by atoms with van der Waals surface area (Å²) >= 11 is 0. The Bertz CT molecular complexity index is 886. The number of carbonyl (C=O) groups is 4. The molecular weight excluding hydrogens is 334 g/mol. The lowest BCUT2D eigenvalue weighted by atomic mass is 10.1. The maximum absolute atomic E-state index is 12.4. The van der Waals surface area contributed by atoms with E-state index in [1.54, 1.807) is 62.6 Å². The van der Waals surface area contributed by atoms with Gasteiger partial charge in [-0.2, -0.15) is 0 Å². The number of rotatable bonds is 4. The molecule has 0 fully saturated rings. The van der Waals surface area contributed by atoms with Gasteiger partial charge in [0.25, 0.3) is 17.7 Å². The third kappa shape index (κ3) is 3.06. The van der Waals surface area contributed by atoms with Crippen molar-refractivity contribution in [2.45, 2.75) is 0 Å². The van der Waals surface area contributed by atoms with Crippen molar-refractivity contribution in [2.75, 3.05) is 26.0 Å². The van der Waals surface area contributed by atoms with Gasteiger partial charge in [0.2, 0.25) is 5.91 Å². The van der Waals surface area contributed by atoms with Crippen molar-refractivity contribution in [3.63, 3.8) is 0 Å². The number of anilines is 1. The third-order valence-electron chi connectivity index (χ3n) is 4.02. The van der Waals surface area contributed by atoms with Gasteiger partial charge in [-0.3, -0.25) is 24.1 Å². The highest BCUT2D eigenvalue weighted by Crippen LogP contribution is 2.22. The topological polar surface area (TPSA) is 86.8 Å². The van der Waals surface area contributed by atoms with E-state index in [4.69, 9.17) is 0 Å². The lowest BCUT2D eigenvalue weighted by molar-refractivity contribution is -0.116. The van der Waals surface area contributed by atoms with E-state index in [9.17, 15) is 19.2 Å². The molecule has 3 rings (SSSR count). The first-order valence-corrected chi connectivity index (χ1v) is 7.96. The van der Waals surface area contributed by atoms with E-state index in [2.05, 4.69) is 5.32 Å². The Hall–Kier alpha value is -3.48. The molecule has 0 atom stereocenters. The molecule has 2 aromatic rings. The Kier molecular flexibility index (Phi) is 4.53. The van der Waals surface area contributed by atoms with Gasteiger partial charge < -0.3 is 10.2 Å². The summed E-state index contributed by atoms with van der Waals surface area (Å²) in [7, 11) is 3.22. The first kappa shape index (κ1) is 17.3. The van der Waals surface area contributed by atoms with Crippen LogP contribution in [0.15, 0.2) is 48.5 Å². The fourth-order valence-corrected chi connectivity index (χ4v) is 2.74. The van der Waals surface area contributed by atoms with Crippen LogP contribution in [0.2, 0.25) is 0 Å². The van der Waals surface area contributed by atoms with Crippen LogP contribution < -0.4 is 5.32 Å². The number of fused-ring (bicyclic) bond motifs is 1. The maximum Gasteiger partial charge on any atom is 0.262 e. The van der Waals surface area contributed by atoms with Crippen LogP contribution in [0, 0.1) is 0 Å². The van der Waals surface area contributed by atoms with E-state index in [0.717, 1.165) is 4.90 Å². The molecule has 0 spiro atoms. The highest BCUT2D eigenvalue weighted by Gasteiger charge is 2.36. The number of nitrogens with zero attached hydrogens (tertiary/aromatic N) is 2. The molecule has 1 aliphatic rings. The predicted molar refractivity (Wildman–Crippen MR) is 94.9 cm³/mol. The van der Waals surface area contributed by atoms with Gasteiger partial charge in [-0.25, -0.2) is 0 Å². The number of hydrogen-bond acceptors (Lipinski definition) is 4. The van der Waals surface area contributed by atoms with E-state index in [-0.39, 0.29) is 17.0 Å². The third-order valence-corrected chi connectivity index (χ3v) is 4.02. The summed E-state index contributed by atoms with van der Waals surface area (Å²) < 4.78 is 0. The highest BCUT2D eigenvalue weighted by molar-refractivity contribution is 6.22. The minimum absolute atomic E-state index is 0.262. The van der Waals surface area contributed by atoms with Crippen molar-refractivity contribution in [1.29, 1.82) is 0 Å². The number of imide groups is 1. The van der Waals surface area contributed by atoms with Gasteiger partial charge in [0.15, 0.2) is 0 Å². The zero-order valence-corrected chi connectivity index (χ0v) is 14.4. The van der Waals surface area contributed by atoms with Crippen LogP contribution in [0.25, 0.3) is 0 Å². The van der Waals surface area contributed by atoms with Crippen LogP contribution in [-0.4, -0.2) is 54.1 Å². The lowest BCUT2D eigenvalue weighted by Crippen LogP contribution is -2.37. The smallest absolute Gasteiger partial charge is 0.262 e.